The van der Waals surface area contributed by atoms with Crippen LogP contribution in [0.5, 0.6) is 0 Å². The molecule has 0 atom stereocenters. The number of guanidine groups is 1. The summed E-state index contributed by atoms with van der Waals surface area (Å²) < 4.78 is 1.96. The standard InChI is InChI=1S/C18H34N6.HI/c1-3-19-18(20-10-5-13-24-14-6-11-22-24)21-12-7-17-8-15-23(4-2)16-9-17;/h6,11,14,17H,3-5,7-10,12-13,15-16H2,1-2H3,(H2,19,20,21);1H. The number of hydrogen-bond donors (Lipinski definition) is 2. The van der Waals surface area contributed by atoms with Gasteiger partial charge in [0.2, 0.25) is 0 Å². The summed E-state index contributed by atoms with van der Waals surface area (Å²) in [7, 11) is 0. The molecule has 2 N–H and O–H groups in total. The Morgan fingerprint density at radius 2 is 2.04 bits per heavy atom. The van der Waals surface area contributed by atoms with Gasteiger partial charge in [0.15, 0.2) is 5.96 Å². The van der Waals surface area contributed by atoms with Crippen LogP contribution in [0.2, 0.25) is 0 Å². The molecule has 0 spiro atoms. The summed E-state index contributed by atoms with van der Waals surface area (Å²) in [5.74, 6) is 1.81. The predicted octanol–water partition coefficient (Wildman–Crippen LogP) is 2.57. The van der Waals surface area contributed by atoms with Crippen molar-refractivity contribution in [3.63, 3.8) is 0 Å². The van der Waals surface area contributed by atoms with Gasteiger partial charge < -0.3 is 15.5 Å². The summed E-state index contributed by atoms with van der Waals surface area (Å²) in [5.41, 5.74) is 0. The molecule has 1 aromatic rings. The largest absolute Gasteiger partial charge is 0.357 e. The van der Waals surface area contributed by atoms with Gasteiger partial charge in [-0.1, -0.05) is 6.92 Å². The number of halogens is 1. The molecule has 25 heavy (non-hydrogen) atoms. The minimum Gasteiger partial charge on any atom is -0.357 e. The number of likely N-dealkylation sites (tertiary alicyclic amines) is 1. The summed E-state index contributed by atoms with van der Waals surface area (Å²) in [6, 6.07) is 1.96. The highest BCUT2D eigenvalue weighted by molar-refractivity contribution is 14.0. The normalized spacial score (nSPS) is 16.5. The Morgan fingerprint density at radius 1 is 1.24 bits per heavy atom. The van der Waals surface area contributed by atoms with Gasteiger partial charge in [-0.3, -0.25) is 9.67 Å². The van der Waals surface area contributed by atoms with E-state index in [-0.39, 0.29) is 24.0 Å². The molecule has 1 saturated heterocycles. The summed E-state index contributed by atoms with van der Waals surface area (Å²) in [5, 5.41) is 11.0. The van der Waals surface area contributed by atoms with Gasteiger partial charge >= 0.3 is 0 Å². The molecule has 144 valence electrons. The zero-order valence-electron chi connectivity index (χ0n) is 15.8. The monoisotopic (exact) mass is 462 g/mol. The van der Waals surface area contributed by atoms with Gasteiger partial charge in [-0.05, 0) is 64.2 Å². The molecule has 2 rings (SSSR count). The van der Waals surface area contributed by atoms with Crippen LogP contribution in [-0.2, 0) is 6.54 Å². The third-order valence-electron chi connectivity index (χ3n) is 4.72. The molecule has 1 aliphatic heterocycles. The van der Waals surface area contributed by atoms with E-state index in [0.29, 0.717) is 0 Å². The first-order chi connectivity index (χ1) is 11.8. The van der Waals surface area contributed by atoms with Crippen molar-refractivity contribution in [3.05, 3.63) is 18.5 Å². The predicted molar refractivity (Wildman–Crippen MR) is 116 cm³/mol. The van der Waals surface area contributed by atoms with Crippen molar-refractivity contribution >= 4 is 29.9 Å². The molecule has 7 heteroatoms. The smallest absolute Gasteiger partial charge is 0.191 e. The molecule has 0 radical (unpaired) electrons. The Morgan fingerprint density at radius 3 is 2.68 bits per heavy atom. The molecule has 0 aliphatic carbocycles. The summed E-state index contributed by atoms with van der Waals surface area (Å²) in [6.45, 7) is 11.8. The Labute approximate surface area is 169 Å². The number of aromatic nitrogens is 2. The van der Waals surface area contributed by atoms with E-state index >= 15 is 0 Å². The van der Waals surface area contributed by atoms with E-state index < -0.39 is 0 Å². The number of piperidine rings is 1. The quantitative estimate of drug-likeness (QED) is 0.256. The molecule has 1 aliphatic rings. The molecule has 0 unspecified atom stereocenters. The maximum Gasteiger partial charge on any atom is 0.191 e. The van der Waals surface area contributed by atoms with Crippen LogP contribution in [0.25, 0.3) is 0 Å². The second kappa shape index (κ2) is 13.4. The summed E-state index contributed by atoms with van der Waals surface area (Å²) in [6.07, 6.45) is 8.75. The van der Waals surface area contributed by atoms with Crippen molar-refractivity contribution in [2.24, 2.45) is 10.9 Å². The molecule has 1 aromatic heterocycles. The van der Waals surface area contributed by atoms with Crippen LogP contribution in [0.3, 0.4) is 0 Å². The molecular weight excluding hydrogens is 427 g/mol. The molecular formula is C18H35IN6. The van der Waals surface area contributed by atoms with Gasteiger partial charge in [-0.25, -0.2) is 0 Å². The average Bonchev–Trinajstić information content (AvgIpc) is 3.12. The van der Waals surface area contributed by atoms with Gasteiger partial charge in [0.05, 0.1) is 0 Å². The third kappa shape index (κ3) is 8.89. The molecule has 0 amide bonds. The zero-order valence-corrected chi connectivity index (χ0v) is 18.1. The van der Waals surface area contributed by atoms with Crippen molar-refractivity contribution in [1.29, 1.82) is 0 Å². The number of nitrogens with one attached hydrogen (secondary N) is 2. The number of aliphatic imine (C=N–C) groups is 1. The van der Waals surface area contributed by atoms with Crippen LogP contribution < -0.4 is 10.6 Å². The van der Waals surface area contributed by atoms with E-state index in [1.165, 1.54) is 38.9 Å². The van der Waals surface area contributed by atoms with Crippen LogP contribution in [0.15, 0.2) is 23.5 Å². The maximum atomic E-state index is 4.67. The first kappa shape index (κ1) is 22.2. The van der Waals surface area contributed by atoms with Gasteiger partial charge in [-0.2, -0.15) is 5.10 Å². The molecule has 1 fully saturated rings. The molecule has 6 nitrogen and oxygen atoms in total. The molecule has 0 bridgehead atoms. The van der Waals surface area contributed by atoms with E-state index in [4.69, 9.17) is 0 Å². The third-order valence-corrected chi connectivity index (χ3v) is 4.72. The van der Waals surface area contributed by atoms with Crippen LogP contribution in [0.1, 0.15) is 39.5 Å². The highest BCUT2D eigenvalue weighted by Crippen LogP contribution is 2.19. The zero-order chi connectivity index (χ0) is 17.0. The van der Waals surface area contributed by atoms with Gasteiger partial charge in [-0.15, -0.1) is 24.0 Å². The lowest BCUT2D eigenvalue weighted by atomic mass is 9.93. The lowest BCUT2D eigenvalue weighted by molar-refractivity contribution is 0.187. The second-order valence-corrected chi connectivity index (χ2v) is 6.48. The number of nitrogens with zero attached hydrogens (tertiary/aromatic N) is 4. The molecule has 0 aromatic carbocycles. The fourth-order valence-electron chi connectivity index (χ4n) is 3.18. The lowest BCUT2D eigenvalue weighted by Crippen LogP contribution is -2.39. The SMILES string of the molecule is CCNC(=NCCCn1cccn1)NCCC1CCN(CC)CC1.I. The van der Waals surface area contributed by atoms with Crippen LogP contribution in [-0.4, -0.2) is 59.9 Å². The van der Waals surface area contributed by atoms with Crippen molar-refractivity contribution in [2.75, 3.05) is 39.3 Å². The number of rotatable bonds is 9. The fraction of sp³-hybridized carbons (Fsp3) is 0.778. The Balaban J connectivity index is 0.00000312. The Hall–Kier alpha value is -0.830. The van der Waals surface area contributed by atoms with E-state index in [2.05, 4.69) is 39.5 Å². The van der Waals surface area contributed by atoms with Crippen molar-refractivity contribution < 1.29 is 0 Å². The summed E-state index contributed by atoms with van der Waals surface area (Å²) >= 11 is 0. The van der Waals surface area contributed by atoms with Gasteiger partial charge in [0, 0.05) is 38.6 Å². The van der Waals surface area contributed by atoms with Crippen LogP contribution >= 0.6 is 24.0 Å². The Bertz CT molecular complexity index is 454. The molecule has 0 saturated carbocycles. The minimum atomic E-state index is 0. The highest BCUT2D eigenvalue weighted by atomic mass is 127. The lowest BCUT2D eigenvalue weighted by Gasteiger charge is -2.31. The molecule has 2 heterocycles. The van der Waals surface area contributed by atoms with E-state index in [0.717, 1.165) is 44.5 Å². The van der Waals surface area contributed by atoms with Crippen LogP contribution in [0.4, 0.5) is 0 Å². The van der Waals surface area contributed by atoms with Gasteiger partial charge in [0.25, 0.3) is 0 Å². The fourth-order valence-corrected chi connectivity index (χ4v) is 3.18. The first-order valence-electron chi connectivity index (χ1n) is 9.53. The van der Waals surface area contributed by atoms with Crippen molar-refractivity contribution in [1.82, 2.24) is 25.3 Å². The van der Waals surface area contributed by atoms with Crippen molar-refractivity contribution in [3.8, 4) is 0 Å². The number of hydrogen-bond acceptors (Lipinski definition) is 3. The average molecular weight is 462 g/mol. The minimum absolute atomic E-state index is 0. The highest BCUT2D eigenvalue weighted by Gasteiger charge is 2.17. The van der Waals surface area contributed by atoms with E-state index in [1.54, 1.807) is 0 Å². The topological polar surface area (TPSA) is 57.5 Å². The van der Waals surface area contributed by atoms with Crippen LogP contribution in [0, 0.1) is 5.92 Å². The first-order valence-corrected chi connectivity index (χ1v) is 9.53. The van der Waals surface area contributed by atoms with Crippen molar-refractivity contribution in [2.45, 2.75) is 46.1 Å². The Kier molecular flexibility index (Phi) is 11.9. The summed E-state index contributed by atoms with van der Waals surface area (Å²) in [4.78, 5) is 7.22. The maximum absolute atomic E-state index is 4.67. The van der Waals surface area contributed by atoms with E-state index in [9.17, 15) is 0 Å². The van der Waals surface area contributed by atoms with E-state index in [1.807, 2.05) is 23.1 Å². The van der Waals surface area contributed by atoms with Gasteiger partial charge in [0.1, 0.15) is 0 Å². The second-order valence-electron chi connectivity index (χ2n) is 6.48. The number of aryl methyl sites for hydroxylation is 1.